The number of benzene rings is 1. The smallest absolute Gasteiger partial charge is 0.252 e. The van der Waals surface area contributed by atoms with E-state index in [0.29, 0.717) is 29.0 Å². The Hall–Kier alpha value is -2.11. The minimum absolute atomic E-state index is 0.229. The predicted molar refractivity (Wildman–Crippen MR) is 109 cm³/mol. The summed E-state index contributed by atoms with van der Waals surface area (Å²) >= 11 is 6.01. The second-order valence-corrected chi connectivity index (χ2v) is 8.59. The van der Waals surface area contributed by atoms with Crippen molar-refractivity contribution in [2.24, 2.45) is 11.8 Å². The van der Waals surface area contributed by atoms with Crippen LogP contribution in [0.5, 0.6) is 5.88 Å². The van der Waals surface area contributed by atoms with Gasteiger partial charge < -0.3 is 15.2 Å². The van der Waals surface area contributed by atoms with Gasteiger partial charge in [-0.15, -0.1) is 0 Å². The van der Waals surface area contributed by atoms with Crippen LogP contribution in [0.25, 0.3) is 11.1 Å². The van der Waals surface area contributed by atoms with Gasteiger partial charge in [-0.1, -0.05) is 23.7 Å². The first-order valence-corrected chi connectivity index (χ1v) is 10.2. The Bertz CT molecular complexity index is 859. The third-order valence-corrected chi connectivity index (χ3v) is 5.74. The Morgan fingerprint density at radius 2 is 2.00 bits per heavy atom. The molecule has 0 aliphatic heterocycles. The largest absolute Gasteiger partial charge is 0.477 e. The van der Waals surface area contributed by atoms with E-state index < -0.39 is 5.60 Å². The van der Waals surface area contributed by atoms with Gasteiger partial charge in [-0.2, -0.15) is 0 Å². The molecule has 2 saturated carbocycles. The zero-order valence-electron chi connectivity index (χ0n) is 16.0. The number of aromatic nitrogens is 1. The highest BCUT2D eigenvalue weighted by atomic mass is 35.5. The average Bonchev–Trinajstić information content (AvgIpc) is 3.57. The van der Waals surface area contributed by atoms with Gasteiger partial charge in [0.15, 0.2) is 0 Å². The molecule has 0 unspecified atom stereocenters. The minimum Gasteiger partial charge on any atom is -0.477 e. The van der Waals surface area contributed by atoms with Crippen LogP contribution in [0.3, 0.4) is 0 Å². The van der Waals surface area contributed by atoms with Crippen LogP contribution in [0, 0.1) is 11.8 Å². The molecule has 1 aromatic heterocycles. The maximum atomic E-state index is 12.6. The molecular formula is C22H25ClN2O3. The molecule has 1 aromatic carbocycles. The lowest BCUT2D eigenvalue weighted by Crippen LogP contribution is -2.42. The van der Waals surface area contributed by atoms with Gasteiger partial charge in [0.25, 0.3) is 5.91 Å². The van der Waals surface area contributed by atoms with Crippen LogP contribution in [0.2, 0.25) is 5.02 Å². The van der Waals surface area contributed by atoms with Crippen molar-refractivity contribution >= 4 is 17.5 Å². The summed E-state index contributed by atoms with van der Waals surface area (Å²) in [6.07, 6.45) is 5.94. The van der Waals surface area contributed by atoms with Crippen LogP contribution in [0.15, 0.2) is 36.5 Å². The molecule has 148 valence electrons. The van der Waals surface area contributed by atoms with Crippen molar-refractivity contribution in [3.05, 3.63) is 47.1 Å². The summed E-state index contributed by atoms with van der Waals surface area (Å²) in [6, 6.07) is 9.19. The van der Waals surface area contributed by atoms with E-state index in [-0.39, 0.29) is 18.4 Å². The van der Waals surface area contributed by atoms with E-state index in [2.05, 4.69) is 10.3 Å². The second kappa shape index (κ2) is 7.72. The molecule has 0 radical (unpaired) electrons. The highest BCUT2D eigenvalue weighted by Crippen LogP contribution is 2.39. The van der Waals surface area contributed by atoms with Gasteiger partial charge in [0, 0.05) is 23.3 Å². The molecule has 6 heteroatoms. The zero-order valence-corrected chi connectivity index (χ0v) is 16.7. The number of nitrogens with one attached hydrogen (secondary N) is 1. The van der Waals surface area contributed by atoms with Gasteiger partial charge in [-0.05, 0) is 68.2 Å². The lowest BCUT2D eigenvalue weighted by molar-refractivity contribution is 0.0354. The van der Waals surface area contributed by atoms with E-state index in [9.17, 15) is 9.90 Å². The van der Waals surface area contributed by atoms with Crippen LogP contribution in [-0.2, 0) is 0 Å². The Kier molecular flexibility index (Phi) is 5.30. The fourth-order valence-electron chi connectivity index (χ4n) is 3.22. The molecule has 0 saturated heterocycles. The van der Waals surface area contributed by atoms with Crippen LogP contribution in [0.4, 0.5) is 0 Å². The normalized spacial score (nSPS) is 18.4. The maximum absolute atomic E-state index is 12.6. The zero-order chi connectivity index (χ0) is 19.7. The Labute approximate surface area is 170 Å². The molecule has 1 heterocycles. The summed E-state index contributed by atoms with van der Waals surface area (Å²) in [5, 5.41) is 13.9. The van der Waals surface area contributed by atoms with Gasteiger partial charge >= 0.3 is 0 Å². The van der Waals surface area contributed by atoms with Gasteiger partial charge in [-0.25, -0.2) is 4.98 Å². The van der Waals surface area contributed by atoms with E-state index in [0.717, 1.165) is 24.0 Å². The van der Waals surface area contributed by atoms with E-state index in [1.807, 2.05) is 12.1 Å². The number of pyridine rings is 1. The van der Waals surface area contributed by atoms with Crippen LogP contribution in [-0.4, -0.2) is 34.8 Å². The Morgan fingerprint density at radius 3 is 2.64 bits per heavy atom. The van der Waals surface area contributed by atoms with Gasteiger partial charge in [0.05, 0.1) is 17.8 Å². The number of ether oxygens (including phenoxy) is 1. The van der Waals surface area contributed by atoms with Crippen molar-refractivity contribution in [3.8, 4) is 17.0 Å². The number of carbonyl (C=O) groups is 1. The monoisotopic (exact) mass is 400 g/mol. The molecule has 0 bridgehead atoms. The summed E-state index contributed by atoms with van der Waals surface area (Å²) in [6.45, 7) is 2.65. The standard InChI is InChI=1S/C22H25ClN2O3/c1-22(27,17-6-7-17)13-25-20(26)16-10-19(15-4-8-18(23)9-5-15)21(24-11-16)28-12-14-2-3-14/h4-5,8-11,14,17,27H,2-3,6-7,12-13H2,1H3,(H,25,26)/t22-/m0/s1. The average molecular weight is 401 g/mol. The Morgan fingerprint density at radius 1 is 1.29 bits per heavy atom. The third-order valence-electron chi connectivity index (χ3n) is 5.48. The number of amides is 1. The number of nitrogens with zero attached hydrogens (tertiary/aromatic N) is 1. The molecule has 28 heavy (non-hydrogen) atoms. The highest BCUT2D eigenvalue weighted by molar-refractivity contribution is 6.30. The molecule has 2 N–H and O–H groups in total. The lowest BCUT2D eigenvalue weighted by atomic mass is 10.0. The van der Waals surface area contributed by atoms with Gasteiger partial charge in [0.2, 0.25) is 5.88 Å². The summed E-state index contributed by atoms with van der Waals surface area (Å²) in [5.74, 6) is 1.15. The number of rotatable bonds is 8. The predicted octanol–water partition coefficient (Wildman–Crippen LogP) is 4.08. The van der Waals surface area contributed by atoms with Crippen LogP contribution >= 0.6 is 11.6 Å². The Balaban J connectivity index is 1.54. The highest BCUT2D eigenvalue weighted by Gasteiger charge is 2.40. The van der Waals surface area contributed by atoms with E-state index in [1.54, 1.807) is 25.1 Å². The van der Waals surface area contributed by atoms with Gasteiger partial charge in [-0.3, -0.25) is 4.79 Å². The summed E-state index contributed by atoms with van der Waals surface area (Å²) < 4.78 is 5.92. The summed E-state index contributed by atoms with van der Waals surface area (Å²) in [4.78, 5) is 17.0. The quantitative estimate of drug-likeness (QED) is 0.700. The first-order valence-electron chi connectivity index (χ1n) is 9.82. The van der Waals surface area contributed by atoms with Crippen molar-refractivity contribution in [2.75, 3.05) is 13.2 Å². The molecule has 0 spiro atoms. The topological polar surface area (TPSA) is 71.5 Å². The van der Waals surface area contributed by atoms with Crippen molar-refractivity contribution < 1.29 is 14.6 Å². The summed E-state index contributed by atoms with van der Waals surface area (Å²) in [7, 11) is 0. The first kappa shape index (κ1) is 19.2. The van der Waals surface area contributed by atoms with Crippen LogP contribution in [0.1, 0.15) is 43.0 Å². The molecule has 5 nitrogen and oxygen atoms in total. The van der Waals surface area contributed by atoms with E-state index >= 15 is 0 Å². The fraction of sp³-hybridized carbons (Fsp3) is 0.455. The number of aliphatic hydroxyl groups is 1. The molecule has 2 aromatic rings. The van der Waals surface area contributed by atoms with Crippen molar-refractivity contribution in [2.45, 2.75) is 38.2 Å². The number of halogens is 1. The first-order chi connectivity index (χ1) is 13.4. The molecule has 2 aliphatic carbocycles. The SMILES string of the molecule is C[C@](O)(CNC(=O)c1cnc(OCC2CC2)c(-c2ccc(Cl)cc2)c1)C1CC1. The molecule has 2 aliphatic rings. The van der Waals surface area contributed by atoms with Crippen molar-refractivity contribution in [3.63, 3.8) is 0 Å². The summed E-state index contributed by atoms with van der Waals surface area (Å²) in [5.41, 5.74) is 1.23. The van der Waals surface area contributed by atoms with Gasteiger partial charge in [0.1, 0.15) is 0 Å². The molecule has 1 amide bonds. The number of hydrogen-bond donors (Lipinski definition) is 2. The number of carbonyl (C=O) groups excluding carboxylic acids is 1. The maximum Gasteiger partial charge on any atom is 0.252 e. The molecule has 4 rings (SSSR count). The van der Waals surface area contributed by atoms with Crippen molar-refractivity contribution in [1.29, 1.82) is 0 Å². The van der Waals surface area contributed by atoms with E-state index in [4.69, 9.17) is 16.3 Å². The number of hydrogen-bond acceptors (Lipinski definition) is 4. The minimum atomic E-state index is -0.866. The second-order valence-electron chi connectivity index (χ2n) is 8.15. The van der Waals surface area contributed by atoms with Crippen LogP contribution < -0.4 is 10.1 Å². The van der Waals surface area contributed by atoms with E-state index in [1.165, 1.54) is 19.0 Å². The molecule has 2 fully saturated rings. The lowest BCUT2D eigenvalue weighted by Gasteiger charge is -2.23. The molecular weight excluding hydrogens is 376 g/mol. The van der Waals surface area contributed by atoms with Crippen molar-refractivity contribution in [1.82, 2.24) is 10.3 Å². The molecule has 1 atom stereocenters. The third kappa shape index (κ3) is 4.65. The fourth-order valence-corrected chi connectivity index (χ4v) is 3.35.